The van der Waals surface area contributed by atoms with Gasteiger partial charge >= 0.3 is 0 Å². The van der Waals surface area contributed by atoms with Crippen LogP contribution < -0.4 is 5.32 Å². The van der Waals surface area contributed by atoms with E-state index < -0.39 is 0 Å². The zero-order valence-corrected chi connectivity index (χ0v) is 11.0. The minimum Gasteiger partial charge on any atom is -0.314 e. The lowest BCUT2D eigenvalue weighted by Crippen LogP contribution is -2.32. The van der Waals surface area contributed by atoms with Gasteiger partial charge in [-0.25, -0.2) is 4.98 Å². The lowest BCUT2D eigenvalue weighted by molar-refractivity contribution is 0.222. The lowest BCUT2D eigenvalue weighted by Gasteiger charge is -2.29. The molecule has 1 aromatic heterocycles. The molecule has 1 aromatic rings. The van der Waals surface area contributed by atoms with Crippen molar-refractivity contribution in [2.45, 2.75) is 32.2 Å². The Labute approximate surface area is 102 Å². The topological polar surface area (TPSA) is 28.2 Å². The van der Waals surface area contributed by atoms with E-state index in [2.05, 4.69) is 22.5 Å². The Bertz CT molecular complexity index is 316. The highest BCUT2D eigenvalue weighted by Gasteiger charge is 2.21. The van der Waals surface area contributed by atoms with Gasteiger partial charge in [0, 0.05) is 17.8 Å². The summed E-state index contributed by atoms with van der Waals surface area (Å²) in [6.07, 6.45) is 2.56. The SMILES string of the molecule is CCN1CCC(c2nc(CNC)cs2)CC1. The Balaban J connectivity index is 1.92. The van der Waals surface area contributed by atoms with Crippen molar-refractivity contribution in [1.29, 1.82) is 0 Å². The molecule has 16 heavy (non-hydrogen) atoms. The van der Waals surface area contributed by atoms with Crippen LogP contribution in [0.4, 0.5) is 0 Å². The first kappa shape index (κ1) is 12.0. The van der Waals surface area contributed by atoms with Crippen LogP contribution in [0, 0.1) is 0 Å². The summed E-state index contributed by atoms with van der Waals surface area (Å²) >= 11 is 1.84. The second kappa shape index (κ2) is 5.75. The van der Waals surface area contributed by atoms with E-state index in [1.165, 1.54) is 43.2 Å². The maximum Gasteiger partial charge on any atom is 0.0960 e. The minimum atomic E-state index is 0.707. The van der Waals surface area contributed by atoms with E-state index in [1.54, 1.807) is 0 Å². The molecule has 2 rings (SSSR count). The molecule has 1 N–H and O–H groups in total. The van der Waals surface area contributed by atoms with Crippen molar-refractivity contribution in [3.05, 3.63) is 16.1 Å². The average Bonchev–Trinajstić information content (AvgIpc) is 2.78. The Morgan fingerprint density at radius 3 is 2.88 bits per heavy atom. The van der Waals surface area contributed by atoms with Crippen LogP contribution in [0.5, 0.6) is 0 Å². The number of likely N-dealkylation sites (tertiary alicyclic amines) is 1. The van der Waals surface area contributed by atoms with E-state index >= 15 is 0 Å². The first-order chi connectivity index (χ1) is 7.83. The molecule has 0 spiro atoms. The van der Waals surface area contributed by atoms with Crippen molar-refractivity contribution in [1.82, 2.24) is 15.2 Å². The van der Waals surface area contributed by atoms with Crippen molar-refractivity contribution in [2.24, 2.45) is 0 Å². The molecule has 1 saturated heterocycles. The van der Waals surface area contributed by atoms with Gasteiger partial charge in [-0.1, -0.05) is 6.92 Å². The van der Waals surface area contributed by atoms with Gasteiger partial charge in [0.1, 0.15) is 0 Å². The third kappa shape index (κ3) is 2.81. The highest BCUT2D eigenvalue weighted by Crippen LogP contribution is 2.30. The third-order valence-corrected chi connectivity index (χ3v) is 4.37. The fraction of sp³-hybridized carbons (Fsp3) is 0.750. The van der Waals surface area contributed by atoms with Gasteiger partial charge in [0.15, 0.2) is 0 Å². The molecular weight excluding hydrogens is 218 g/mol. The highest BCUT2D eigenvalue weighted by molar-refractivity contribution is 7.09. The number of nitrogens with one attached hydrogen (secondary N) is 1. The van der Waals surface area contributed by atoms with Gasteiger partial charge in [0.05, 0.1) is 10.7 Å². The van der Waals surface area contributed by atoms with Gasteiger partial charge in [-0.3, -0.25) is 0 Å². The fourth-order valence-corrected chi connectivity index (χ4v) is 3.26. The van der Waals surface area contributed by atoms with Gasteiger partial charge in [0.25, 0.3) is 0 Å². The zero-order valence-electron chi connectivity index (χ0n) is 10.2. The largest absolute Gasteiger partial charge is 0.314 e. The molecule has 0 atom stereocenters. The van der Waals surface area contributed by atoms with Crippen molar-refractivity contribution >= 4 is 11.3 Å². The van der Waals surface area contributed by atoms with Crippen molar-refractivity contribution in [3.63, 3.8) is 0 Å². The summed E-state index contributed by atoms with van der Waals surface area (Å²) in [5.74, 6) is 0.707. The van der Waals surface area contributed by atoms with Crippen LogP contribution in [-0.2, 0) is 6.54 Å². The Hall–Kier alpha value is -0.450. The molecule has 2 heterocycles. The summed E-state index contributed by atoms with van der Waals surface area (Å²) in [7, 11) is 1.97. The second-order valence-corrected chi connectivity index (χ2v) is 5.31. The van der Waals surface area contributed by atoms with Crippen LogP contribution >= 0.6 is 11.3 Å². The van der Waals surface area contributed by atoms with Crippen LogP contribution in [0.25, 0.3) is 0 Å². The summed E-state index contributed by atoms with van der Waals surface area (Å²) in [5, 5.41) is 6.69. The normalized spacial score (nSPS) is 19.1. The van der Waals surface area contributed by atoms with E-state index in [-0.39, 0.29) is 0 Å². The monoisotopic (exact) mass is 239 g/mol. The molecule has 0 aromatic carbocycles. The van der Waals surface area contributed by atoms with Gasteiger partial charge < -0.3 is 10.2 Å². The summed E-state index contributed by atoms with van der Waals surface area (Å²) in [4.78, 5) is 7.24. The second-order valence-electron chi connectivity index (χ2n) is 4.42. The smallest absolute Gasteiger partial charge is 0.0960 e. The van der Waals surface area contributed by atoms with Crippen molar-refractivity contribution in [3.8, 4) is 0 Å². The van der Waals surface area contributed by atoms with E-state index in [9.17, 15) is 0 Å². The van der Waals surface area contributed by atoms with Crippen molar-refractivity contribution in [2.75, 3.05) is 26.7 Å². The van der Waals surface area contributed by atoms with Gasteiger partial charge in [-0.2, -0.15) is 0 Å². The quantitative estimate of drug-likeness (QED) is 0.872. The van der Waals surface area contributed by atoms with Crippen LogP contribution in [-0.4, -0.2) is 36.6 Å². The Morgan fingerprint density at radius 2 is 2.25 bits per heavy atom. The molecule has 0 amide bonds. The highest BCUT2D eigenvalue weighted by atomic mass is 32.1. The maximum absolute atomic E-state index is 4.71. The summed E-state index contributed by atoms with van der Waals surface area (Å²) < 4.78 is 0. The zero-order chi connectivity index (χ0) is 11.4. The molecule has 0 radical (unpaired) electrons. The number of thiazole rings is 1. The molecule has 0 bridgehead atoms. The lowest BCUT2D eigenvalue weighted by atomic mass is 9.98. The maximum atomic E-state index is 4.71. The molecule has 3 nitrogen and oxygen atoms in total. The van der Waals surface area contributed by atoms with E-state index in [0.717, 1.165) is 6.54 Å². The molecule has 0 saturated carbocycles. The minimum absolute atomic E-state index is 0.707. The number of aromatic nitrogens is 1. The molecule has 0 unspecified atom stereocenters. The molecular formula is C12H21N3S. The molecule has 90 valence electrons. The molecule has 4 heteroatoms. The summed E-state index contributed by atoms with van der Waals surface area (Å²) in [6.45, 7) is 6.80. The van der Waals surface area contributed by atoms with Gasteiger partial charge in [-0.15, -0.1) is 11.3 Å². The summed E-state index contributed by atoms with van der Waals surface area (Å²) in [6, 6.07) is 0. The molecule has 0 aliphatic carbocycles. The predicted molar refractivity (Wildman–Crippen MR) is 69.0 cm³/mol. The number of piperidine rings is 1. The molecule has 1 aliphatic rings. The first-order valence-electron chi connectivity index (χ1n) is 6.14. The predicted octanol–water partition coefficient (Wildman–Crippen LogP) is 2.06. The third-order valence-electron chi connectivity index (χ3n) is 3.31. The van der Waals surface area contributed by atoms with Gasteiger partial charge in [-0.05, 0) is 39.5 Å². The standard InChI is InChI=1S/C12H21N3S/c1-3-15-6-4-10(5-7-15)12-14-11(8-13-2)9-16-12/h9-10,13H,3-8H2,1-2H3. The van der Waals surface area contributed by atoms with Gasteiger partial charge in [0.2, 0.25) is 0 Å². The Morgan fingerprint density at radius 1 is 1.50 bits per heavy atom. The van der Waals surface area contributed by atoms with E-state index in [1.807, 2.05) is 18.4 Å². The molecule has 1 fully saturated rings. The van der Waals surface area contributed by atoms with E-state index in [0.29, 0.717) is 5.92 Å². The average molecular weight is 239 g/mol. The van der Waals surface area contributed by atoms with E-state index in [4.69, 9.17) is 4.98 Å². The first-order valence-corrected chi connectivity index (χ1v) is 7.02. The fourth-order valence-electron chi connectivity index (χ4n) is 2.27. The number of nitrogens with zero attached hydrogens (tertiary/aromatic N) is 2. The molecule has 1 aliphatic heterocycles. The van der Waals surface area contributed by atoms with Crippen LogP contribution in [0.2, 0.25) is 0 Å². The van der Waals surface area contributed by atoms with Crippen LogP contribution in [0.3, 0.4) is 0 Å². The van der Waals surface area contributed by atoms with Crippen LogP contribution in [0.1, 0.15) is 36.4 Å². The number of hydrogen-bond donors (Lipinski definition) is 1. The Kier molecular flexibility index (Phi) is 4.32. The number of hydrogen-bond acceptors (Lipinski definition) is 4. The van der Waals surface area contributed by atoms with Crippen LogP contribution in [0.15, 0.2) is 5.38 Å². The number of rotatable bonds is 4. The van der Waals surface area contributed by atoms with Crippen molar-refractivity contribution < 1.29 is 0 Å². The summed E-state index contributed by atoms with van der Waals surface area (Å²) in [5.41, 5.74) is 1.19.